The van der Waals surface area contributed by atoms with Crippen LogP contribution < -0.4 is 11.1 Å². The van der Waals surface area contributed by atoms with E-state index in [2.05, 4.69) is 22.2 Å². The van der Waals surface area contributed by atoms with Crippen molar-refractivity contribution in [2.75, 3.05) is 11.1 Å². The molecule has 1 unspecified atom stereocenters. The summed E-state index contributed by atoms with van der Waals surface area (Å²) in [6, 6.07) is 0.514. The monoisotopic (exact) mass is 220 g/mol. The van der Waals surface area contributed by atoms with Gasteiger partial charge in [0.1, 0.15) is 5.82 Å². The van der Waals surface area contributed by atoms with Gasteiger partial charge in [-0.25, -0.2) is 4.98 Å². The number of aromatic nitrogens is 2. The lowest BCUT2D eigenvalue weighted by atomic mass is 10.1. The van der Waals surface area contributed by atoms with Gasteiger partial charge in [0.2, 0.25) is 5.95 Å². The second-order valence-corrected chi connectivity index (χ2v) is 4.69. The molecule has 3 N–H and O–H groups in total. The van der Waals surface area contributed by atoms with E-state index < -0.39 is 0 Å². The number of nitrogen functional groups attached to an aromatic ring is 1. The molecule has 0 bridgehead atoms. The van der Waals surface area contributed by atoms with Crippen molar-refractivity contribution in [3.63, 3.8) is 0 Å². The molecule has 4 heteroatoms. The van der Waals surface area contributed by atoms with Crippen LogP contribution >= 0.6 is 0 Å². The van der Waals surface area contributed by atoms with Crippen molar-refractivity contribution >= 4 is 11.8 Å². The molecule has 4 nitrogen and oxygen atoms in total. The Labute approximate surface area is 96.7 Å². The molecule has 2 rings (SSSR count). The number of nitrogens with one attached hydrogen (secondary N) is 1. The topological polar surface area (TPSA) is 63.8 Å². The molecule has 1 aromatic heterocycles. The zero-order chi connectivity index (χ0) is 11.5. The Hall–Kier alpha value is -1.32. The van der Waals surface area contributed by atoms with Gasteiger partial charge in [0.25, 0.3) is 0 Å². The third-order valence-corrected chi connectivity index (χ3v) is 3.14. The highest BCUT2D eigenvalue weighted by atomic mass is 15.1. The summed E-state index contributed by atoms with van der Waals surface area (Å²) in [6.45, 7) is 4.21. The van der Waals surface area contributed by atoms with E-state index in [4.69, 9.17) is 5.73 Å². The van der Waals surface area contributed by atoms with E-state index in [-0.39, 0.29) is 0 Å². The van der Waals surface area contributed by atoms with Crippen molar-refractivity contribution < 1.29 is 0 Å². The van der Waals surface area contributed by atoms with Gasteiger partial charge < -0.3 is 11.1 Å². The molecule has 1 fully saturated rings. The van der Waals surface area contributed by atoms with Crippen molar-refractivity contribution in [1.29, 1.82) is 0 Å². The van der Waals surface area contributed by atoms with Crippen molar-refractivity contribution in [3.05, 3.63) is 11.8 Å². The first-order valence-corrected chi connectivity index (χ1v) is 6.04. The summed E-state index contributed by atoms with van der Waals surface area (Å²) in [6.07, 6.45) is 6.93. The van der Waals surface area contributed by atoms with Gasteiger partial charge >= 0.3 is 0 Å². The molecule has 1 aliphatic carbocycles. The summed E-state index contributed by atoms with van der Waals surface area (Å²) >= 11 is 0. The molecule has 0 radical (unpaired) electrons. The van der Waals surface area contributed by atoms with Gasteiger partial charge in [0, 0.05) is 17.8 Å². The fourth-order valence-electron chi connectivity index (χ4n) is 1.88. The van der Waals surface area contributed by atoms with Crippen LogP contribution in [-0.4, -0.2) is 16.0 Å². The minimum Gasteiger partial charge on any atom is -0.368 e. The summed E-state index contributed by atoms with van der Waals surface area (Å²) in [5, 5.41) is 3.48. The highest BCUT2D eigenvalue weighted by molar-refractivity contribution is 5.45. The Balaban J connectivity index is 2.01. The van der Waals surface area contributed by atoms with Gasteiger partial charge in [-0.1, -0.05) is 19.8 Å². The highest BCUT2D eigenvalue weighted by Gasteiger charge is 2.25. The maximum Gasteiger partial charge on any atom is 0.221 e. The molecule has 88 valence electrons. The van der Waals surface area contributed by atoms with Gasteiger partial charge in [-0.05, 0) is 25.7 Å². The van der Waals surface area contributed by atoms with Crippen LogP contribution in [0.25, 0.3) is 0 Å². The van der Waals surface area contributed by atoms with Gasteiger partial charge in [0.05, 0.1) is 0 Å². The zero-order valence-corrected chi connectivity index (χ0v) is 10.0. The summed E-state index contributed by atoms with van der Waals surface area (Å²) in [5.74, 6) is 2.16. The van der Waals surface area contributed by atoms with E-state index in [0.29, 0.717) is 12.0 Å². The summed E-state index contributed by atoms with van der Waals surface area (Å²) in [4.78, 5) is 8.22. The van der Waals surface area contributed by atoms with E-state index in [0.717, 1.165) is 23.7 Å². The predicted molar refractivity (Wildman–Crippen MR) is 66.2 cm³/mol. The SMILES string of the molecule is CCC(CC1CC1)Nc1nc(N)ncc1C. The van der Waals surface area contributed by atoms with Crippen molar-refractivity contribution in [2.24, 2.45) is 5.92 Å². The number of rotatable bonds is 5. The van der Waals surface area contributed by atoms with E-state index in [9.17, 15) is 0 Å². The molecular formula is C12H20N4. The maximum absolute atomic E-state index is 5.60. The van der Waals surface area contributed by atoms with Crippen molar-refractivity contribution in [2.45, 2.75) is 45.6 Å². The van der Waals surface area contributed by atoms with Crippen LogP contribution in [0.1, 0.15) is 38.2 Å². The Kier molecular flexibility index (Phi) is 3.27. The second-order valence-electron chi connectivity index (χ2n) is 4.69. The molecule has 0 saturated heterocycles. The average Bonchev–Trinajstić information content (AvgIpc) is 3.06. The zero-order valence-electron chi connectivity index (χ0n) is 10.0. The van der Waals surface area contributed by atoms with Gasteiger partial charge in [0.15, 0.2) is 0 Å². The van der Waals surface area contributed by atoms with Gasteiger partial charge in [-0.2, -0.15) is 4.98 Å². The lowest BCUT2D eigenvalue weighted by Crippen LogP contribution is -2.21. The number of aryl methyl sites for hydroxylation is 1. The smallest absolute Gasteiger partial charge is 0.221 e. The Morgan fingerprint density at radius 1 is 1.56 bits per heavy atom. The molecule has 16 heavy (non-hydrogen) atoms. The summed E-state index contributed by atoms with van der Waals surface area (Å²) in [5.41, 5.74) is 6.65. The molecule has 0 aromatic carbocycles. The lowest BCUT2D eigenvalue weighted by Gasteiger charge is -2.18. The highest BCUT2D eigenvalue weighted by Crippen LogP contribution is 2.34. The number of hydrogen-bond donors (Lipinski definition) is 2. The molecule has 1 atom stereocenters. The summed E-state index contributed by atoms with van der Waals surface area (Å²) in [7, 11) is 0. The third kappa shape index (κ3) is 2.84. The largest absolute Gasteiger partial charge is 0.368 e. The van der Waals surface area contributed by atoms with Crippen LogP contribution in [0.5, 0.6) is 0 Å². The molecule has 0 amide bonds. The van der Waals surface area contributed by atoms with Crippen LogP contribution in [0, 0.1) is 12.8 Å². The first-order chi connectivity index (χ1) is 7.69. The molecule has 1 aliphatic rings. The Morgan fingerprint density at radius 2 is 2.31 bits per heavy atom. The number of anilines is 2. The van der Waals surface area contributed by atoms with Crippen LogP contribution in [0.4, 0.5) is 11.8 Å². The fourth-order valence-corrected chi connectivity index (χ4v) is 1.88. The average molecular weight is 220 g/mol. The van der Waals surface area contributed by atoms with Crippen LogP contribution in [-0.2, 0) is 0 Å². The van der Waals surface area contributed by atoms with Crippen LogP contribution in [0.15, 0.2) is 6.20 Å². The standard InChI is InChI=1S/C12H20N4/c1-3-10(6-9-4-5-9)15-11-8(2)7-14-12(13)16-11/h7,9-10H,3-6H2,1-2H3,(H3,13,14,15,16). The first-order valence-electron chi connectivity index (χ1n) is 6.04. The Morgan fingerprint density at radius 3 is 2.94 bits per heavy atom. The third-order valence-electron chi connectivity index (χ3n) is 3.14. The molecule has 0 spiro atoms. The number of nitrogens with two attached hydrogens (primary N) is 1. The Bertz CT molecular complexity index is 360. The quantitative estimate of drug-likeness (QED) is 0.799. The van der Waals surface area contributed by atoms with Gasteiger partial charge in [-0.15, -0.1) is 0 Å². The molecule has 1 aromatic rings. The molecule has 1 heterocycles. The molecule has 1 saturated carbocycles. The normalized spacial score (nSPS) is 17.1. The first kappa shape index (κ1) is 11.2. The fraction of sp³-hybridized carbons (Fsp3) is 0.667. The maximum atomic E-state index is 5.60. The van der Waals surface area contributed by atoms with Gasteiger partial charge in [-0.3, -0.25) is 0 Å². The minimum absolute atomic E-state index is 0.342. The van der Waals surface area contributed by atoms with E-state index in [1.807, 2.05) is 6.92 Å². The van der Waals surface area contributed by atoms with E-state index >= 15 is 0 Å². The van der Waals surface area contributed by atoms with E-state index in [1.165, 1.54) is 19.3 Å². The number of hydrogen-bond acceptors (Lipinski definition) is 4. The number of nitrogens with zero attached hydrogens (tertiary/aromatic N) is 2. The van der Waals surface area contributed by atoms with Crippen LogP contribution in [0.2, 0.25) is 0 Å². The second kappa shape index (κ2) is 4.68. The van der Waals surface area contributed by atoms with Crippen molar-refractivity contribution in [1.82, 2.24) is 9.97 Å². The lowest BCUT2D eigenvalue weighted by molar-refractivity contribution is 0.584. The van der Waals surface area contributed by atoms with Crippen LogP contribution in [0.3, 0.4) is 0 Å². The molecule has 0 aliphatic heterocycles. The van der Waals surface area contributed by atoms with E-state index in [1.54, 1.807) is 6.20 Å². The minimum atomic E-state index is 0.342. The molecular weight excluding hydrogens is 200 g/mol. The predicted octanol–water partition coefficient (Wildman–Crippen LogP) is 2.36. The van der Waals surface area contributed by atoms with Crippen molar-refractivity contribution in [3.8, 4) is 0 Å². The summed E-state index contributed by atoms with van der Waals surface area (Å²) < 4.78 is 0.